The zero-order valence-corrected chi connectivity index (χ0v) is 15.5. The van der Waals surface area contributed by atoms with Gasteiger partial charge in [0.1, 0.15) is 5.25 Å². The Morgan fingerprint density at radius 1 is 1.24 bits per heavy atom. The fourth-order valence-electron chi connectivity index (χ4n) is 2.47. The number of carbonyl (C=O) groups is 3. The SMILES string of the molecule is C[C@H](Sc1ccc(Cl)cc1)C(=O)OCC(=O)NC(=O)NC1CCCC1. The molecule has 6 nitrogen and oxygen atoms in total. The fraction of sp³-hybridized carbons (Fsp3) is 0.471. The number of amides is 3. The Labute approximate surface area is 156 Å². The van der Waals surface area contributed by atoms with Gasteiger partial charge in [-0.15, -0.1) is 11.8 Å². The van der Waals surface area contributed by atoms with Gasteiger partial charge in [0.15, 0.2) is 6.61 Å². The molecule has 0 radical (unpaired) electrons. The first-order valence-electron chi connectivity index (χ1n) is 8.13. The summed E-state index contributed by atoms with van der Waals surface area (Å²) >= 11 is 7.12. The monoisotopic (exact) mass is 384 g/mol. The maximum absolute atomic E-state index is 11.9. The van der Waals surface area contributed by atoms with Gasteiger partial charge in [0, 0.05) is 16.0 Å². The van der Waals surface area contributed by atoms with Gasteiger partial charge in [-0.1, -0.05) is 24.4 Å². The molecule has 1 saturated carbocycles. The van der Waals surface area contributed by atoms with Crippen molar-refractivity contribution in [3.05, 3.63) is 29.3 Å². The van der Waals surface area contributed by atoms with Gasteiger partial charge in [-0.25, -0.2) is 4.79 Å². The van der Waals surface area contributed by atoms with Gasteiger partial charge in [-0.2, -0.15) is 0 Å². The summed E-state index contributed by atoms with van der Waals surface area (Å²) in [5.74, 6) is -1.17. The molecule has 0 spiro atoms. The van der Waals surface area contributed by atoms with Gasteiger partial charge in [0.25, 0.3) is 5.91 Å². The predicted octanol–water partition coefficient (Wildman–Crippen LogP) is 3.13. The van der Waals surface area contributed by atoms with Crippen LogP contribution in [-0.4, -0.2) is 35.8 Å². The number of hydrogen-bond acceptors (Lipinski definition) is 5. The lowest BCUT2D eigenvalue weighted by molar-refractivity contribution is -0.147. The van der Waals surface area contributed by atoms with Crippen LogP contribution in [0.4, 0.5) is 4.79 Å². The van der Waals surface area contributed by atoms with Crippen molar-refractivity contribution in [3.8, 4) is 0 Å². The quantitative estimate of drug-likeness (QED) is 0.581. The smallest absolute Gasteiger partial charge is 0.321 e. The summed E-state index contributed by atoms with van der Waals surface area (Å²) in [7, 11) is 0. The number of nitrogens with one attached hydrogen (secondary N) is 2. The van der Waals surface area contributed by atoms with Gasteiger partial charge in [-0.3, -0.25) is 14.9 Å². The van der Waals surface area contributed by atoms with Crippen LogP contribution in [0.1, 0.15) is 32.6 Å². The molecule has 1 aromatic rings. The van der Waals surface area contributed by atoms with E-state index in [-0.39, 0.29) is 6.04 Å². The Morgan fingerprint density at radius 2 is 1.88 bits per heavy atom. The molecule has 3 amide bonds. The number of carbonyl (C=O) groups excluding carboxylic acids is 3. The zero-order chi connectivity index (χ0) is 18.2. The van der Waals surface area contributed by atoms with E-state index in [4.69, 9.17) is 16.3 Å². The van der Waals surface area contributed by atoms with Crippen molar-refractivity contribution in [2.45, 2.75) is 48.8 Å². The molecule has 0 unspecified atom stereocenters. The summed E-state index contributed by atoms with van der Waals surface area (Å²) < 4.78 is 4.95. The first-order valence-corrected chi connectivity index (χ1v) is 9.39. The van der Waals surface area contributed by atoms with Crippen LogP contribution in [0.2, 0.25) is 5.02 Å². The standard InChI is InChI=1S/C17H21ClN2O4S/c1-11(25-14-8-6-12(18)7-9-14)16(22)24-10-15(21)20-17(23)19-13-4-2-3-5-13/h6-9,11,13H,2-5,10H2,1H3,(H2,19,20,21,23)/t11-/m0/s1. The highest BCUT2D eigenvalue weighted by Crippen LogP contribution is 2.25. The van der Waals surface area contributed by atoms with E-state index in [0.717, 1.165) is 30.6 Å². The van der Waals surface area contributed by atoms with Crippen LogP contribution >= 0.6 is 23.4 Å². The molecule has 0 bridgehead atoms. The molecule has 2 N–H and O–H groups in total. The Kier molecular flexibility index (Phi) is 7.58. The molecule has 25 heavy (non-hydrogen) atoms. The summed E-state index contributed by atoms with van der Waals surface area (Å²) in [5, 5.41) is 5.03. The van der Waals surface area contributed by atoms with Gasteiger partial charge < -0.3 is 10.1 Å². The van der Waals surface area contributed by atoms with Gasteiger partial charge in [-0.05, 0) is 44.0 Å². The minimum atomic E-state index is -0.646. The van der Waals surface area contributed by atoms with Crippen molar-refractivity contribution in [2.24, 2.45) is 0 Å². The number of rotatable bonds is 6. The molecule has 136 valence electrons. The molecule has 0 aliphatic heterocycles. The third-order valence-electron chi connectivity index (χ3n) is 3.75. The van der Waals surface area contributed by atoms with Crippen LogP contribution in [0.25, 0.3) is 0 Å². The van der Waals surface area contributed by atoms with Crippen LogP contribution in [0.15, 0.2) is 29.2 Å². The fourth-order valence-corrected chi connectivity index (χ4v) is 3.47. The normalized spacial score (nSPS) is 15.4. The van der Waals surface area contributed by atoms with Gasteiger partial charge >= 0.3 is 12.0 Å². The first kappa shape index (κ1) is 19.6. The number of esters is 1. The predicted molar refractivity (Wildman–Crippen MR) is 96.7 cm³/mol. The lowest BCUT2D eigenvalue weighted by Gasteiger charge is -2.13. The summed E-state index contributed by atoms with van der Waals surface area (Å²) in [5.41, 5.74) is 0. The number of halogens is 1. The molecular formula is C17H21ClN2O4S. The average Bonchev–Trinajstić information content (AvgIpc) is 3.07. The van der Waals surface area contributed by atoms with E-state index >= 15 is 0 Å². The highest BCUT2D eigenvalue weighted by atomic mass is 35.5. The van der Waals surface area contributed by atoms with Crippen LogP contribution < -0.4 is 10.6 Å². The van der Waals surface area contributed by atoms with E-state index in [0.29, 0.717) is 5.02 Å². The van der Waals surface area contributed by atoms with E-state index < -0.39 is 29.8 Å². The number of urea groups is 1. The number of imide groups is 1. The first-order chi connectivity index (χ1) is 11.9. The van der Waals surface area contributed by atoms with Crippen molar-refractivity contribution in [2.75, 3.05) is 6.61 Å². The average molecular weight is 385 g/mol. The molecular weight excluding hydrogens is 364 g/mol. The molecule has 1 aliphatic rings. The number of benzene rings is 1. The molecule has 1 fully saturated rings. The summed E-state index contributed by atoms with van der Waals surface area (Å²) in [4.78, 5) is 36.1. The lowest BCUT2D eigenvalue weighted by Crippen LogP contribution is -2.45. The van der Waals surface area contributed by atoms with Crippen molar-refractivity contribution in [1.29, 1.82) is 0 Å². The van der Waals surface area contributed by atoms with Crippen LogP contribution in [0.3, 0.4) is 0 Å². The highest BCUT2D eigenvalue weighted by molar-refractivity contribution is 8.00. The van der Waals surface area contributed by atoms with Crippen molar-refractivity contribution in [3.63, 3.8) is 0 Å². The maximum Gasteiger partial charge on any atom is 0.321 e. The molecule has 8 heteroatoms. The molecule has 2 rings (SSSR count). The number of thioether (sulfide) groups is 1. The third kappa shape index (κ3) is 6.96. The highest BCUT2D eigenvalue weighted by Gasteiger charge is 2.20. The Balaban J connectivity index is 1.68. The lowest BCUT2D eigenvalue weighted by atomic mass is 10.2. The second-order valence-electron chi connectivity index (χ2n) is 5.82. The minimum absolute atomic E-state index is 0.117. The molecule has 1 aromatic carbocycles. The van der Waals surface area contributed by atoms with E-state index in [9.17, 15) is 14.4 Å². The molecule has 0 aromatic heterocycles. The summed E-state index contributed by atoms with van der Waals surface area (Å²) in [6, 6.07) is 6.65. The molecule has 0 heterocycles. The maximum atomic E-state index is 11.9. The number of hydrogen-bond donors (Lipinski definition) is 2. The van der Waals surface area contributed by atoms with E-state index in [2.05, 4.69) is 10.6 Å². The van der Waals surface area contributed by atoms with Crippen molar-refractivity contribution in [1.82, 2.24) is 10.6 Å². The minimum Gasteiger partial charge on any atom is -0.455 e. The van der Waals surface area contributed by atoms with Crippen molar-refractivity contribution < 1.29 is 19.1 Å². The van der Waals surface area contributed by atoms with Gasteiger partial charge in [0.2, 0.25) is 0 Å². The third-order valence-corrected chi connectivity index (χ3v) is 5.09. The Bertz CT molecular complexity index is 618. The van der Waals surface area contributed by atoms with E-state index in [1.165, 1.54) is 11.8 Å². The van der Waals surface area contributed by atoms with Crippen LogP contribution in [0.5, 0.6) is 0 Å². The van der Waals surface area contributed by atoms with Crippen molar-refractivity contribution >= 4 is 41.3 Å². The Hall–Kier alpha value is -1.73. The molecule has 0 saturated heterocycles. The van der Waals surface area contributed by atoms with Crippen LogP contribution in [-0.2, 0) is 14.3 Å². The van der Waals surface area contributed by atoms with Crippen LogP contribution in [0, 0.1) is 0 Å². The molecule has 1 atom stereocenters. The zero-order valence-electron chi connectivity index (χ0n) is 13.9. The second-order valence-corrected chi connectivity index (χ2v) is 7.68. The van der Waals surface area contributed by atoms with E-state index in [1.54, 1.807) is 31.2 Å². The second kappa shape index (κ2) is 9.68. The summed E-state index contributed by atoms with van der Waals surface area (Å²) in [6.07, 6.45) is 4.02. The Morgan fingerprint density at radius 3 is 2.52 bits per heavy atom. The number of ether oxygens (including phenoxy) is 1. The molecule has 1 aliphatic carbocycles. The van der Waals surface area contributed by atoms with Gasteiger partial charge in [0.05, 0.1) is 0 Å². The summed E-state index contributed by atoms with van der Waals surface area (Å²) in [6.45, 7) is 1.20. The van der Waals surface area contributed by atoms with E-state index in [1.807, 2.05) is 0 Å². The topological polar surface area (TPSA) is 84.5 Å². The largest absolute Gasteiger partial charge is 0.455 e.